The Morgan fingerprint density at radius 3 is 2.51 bits per heavy atom. The first kappa shape index (κ1) is 23.4. The Bertz CT molecular complexity index is 1200. The summed E-state index contributed by atoms with van der Waals surface area (Å²) in [6.45, 7) is 4.88. The summed E-state index contributed by atoms with van der Waals surface area (Å²) in [4.78, 5) is 16.4. The fourth-order valence-corrected chi connectivity index (χ4v) is 4.74. The van der Waals surface area contributed by atoms with Crippen molar-refractivity contribution in [2.45, 2.75) is 51.5 Å². The van der Waals surface area contributed by atoms with Crippen LogP contribution in [-0.2, 0) is 13.0 Å². The van der Waals surface area contributed by atoms with Crippen LogP contribution in [0.25, 0.3) is 22.7 Å². The number of furan rings is 1. The van der Waals surface area contributed by atoms with Crippen molar-refractivity contribution in [1.82, 2.24) is 24.4 Å². The summed E-state index contributed by atoms with van der Waals surface area (Å²) in [6, 6.07) is 14.5. The highest BCUT2D eigenvalue weighted by molar-refractivity contribution is 5.85. The predicted octanol–water partition coefficient (Wildman–Crippen LogP) is 4.95. The van der Waals surface area contributed by atoms with Crippen LogP contribution in [0.2, 0.25) is 0 Å². The highest BCUT2D eigenvalue weighted by atomic mass is 16.5. The van der Waals surface area contributed by atoms with Crippen molar-refractivity contribution in [3.8, 4) is 17.6 Å². The highest BCUT2D eigenvalue weighted by Crippen LogP contribution is 2.28. The molecule has 0 radical (unpaired) electrons. The van der Waals surface area contributed by atoms with Gasteiger partial charge in [0.25, 0.3) is 0 Å². The Balaban J connectivity index is 1.29. The molecule has 8 nitrogen and oxygen atoms in total. The fourth-order valence-electron chi connectivity index (χ4n) is 4.74. The largest absolute Gasteiger partial charge is 0.463 e. The quantitative estimate of drug-likeness (QED) is 0.307. The molecule has 3 aromatic heterocycles. The van der Waals surface area contributed by atoms with E-state index in [-0.39, 0.29) is 0 Å². The van der Waals surface area contributed by atoms with E-state index in [1.54, 1.807) is 6.26 Å². The predicted molar refractivity (Wildman–Crippen MR) is 137 cm³/mol. The molecule has 0 amide bonds. The third-order valence-corrected chi connectivity index (χ3v) is 6.58. The zero-order valence-electron chi connectivity index (χ0n) is 20.2. The van der Waals surface area contributed by atoms with Gasteiger partial charge in [0, 0.05) is 6.54 Å². The number of aryl methyl sites for hydroxylation is 2. The van der Waals surface area contributed by atoms with Crippen LogP contribution in [0.5, 0.6) is 6.01 Å². The van der Waals surface area contributed by atoms with Gasteiger partial charge >= 0.3 is 6.01 Å². The van der Waals surface area contributed by atoms with E-state index in [1.165, 1.54) is 37.9 Å². The maximum atomic E-state index is 6.30. The van der Waals surface area contributed by atoms with Crippen LogP contribution < -0.4 is 10.5 Å². The minimum Gasteiger partial charge on any atom is -0.463 e. The molecule has 1 aromatic carbocycles. The van der Waals surface area contributed by atoms with Crippen LogP contribution in [0.4, 0.5) is 5.82 Å². The summed E-state index contributed by atoms with van der Waals surface area (Å²) >= 11 is 0. The lowest BCUT2D eigenvalue weighted by Crippen LogP contribution is -2.30. The van der Waals surface area contributed by atoms with E-state index in [0.717, 1.165) is 44.6 Å². The minimum atomic E-state index is 0.295. The van der Waals surface area contributed by atoms with Crippen LogP contribution in [0.3, 0.4) is 0 Å². The van der Waals surface area contributed by atoms with Crippen LogP contribution >= 0.6 is 0 Å². The minimum absolute atomic E-state index is 0.295. The smallest absolute Gasteiger partial charge is 0.320 e. The molecule has 0 unspecified atom stereocenters. The number of imidazole rings is 1. The van der Waals surface area contributed by atoms with Crippen LogP contribution in [0, 0.1) is 0 Å². The summed E-state index contributed by atoms with van der Waals surface area (Å²) < 4.78 is 13.7. The second kappa shape index (κ2) is 11.4. The Kier molecular flexibility index (Phi) is 7.58. The maximum Gasteiger partial charge on any atom is 0.320 e. The van der Waals surface area contributed by atoms with Crippen molar-refractivity contribution < 1.29 is 9.15 Å². The lowest BCUT2D eigenvalue weighted by Gasteiger charge is -2.26. The van der Waals surface area contributed by atoms with E-state index in [2.05, 4.69) is 38.7 Å². The lowest BCUT2D eigenvalue weighted by molar-refractivity contribution is 0.223. The monoisotopic (exact) mass is 474 g/mol. The molecule has 2 N–H and O–H groups in total. The van der Waals surface area contributed by atoms with Gasteiger partial charge in [-0.1, -0.05) is 36.8 Å². The summed E-state index contributed by atoms with van der Waals surface area (Å²) in [6.07, 6.45) is 9.62. The van der Waals surface area contributed by atoms with Gasteiger partial charge in [0.05, 0.1) is 12.9 Å². The molecule has 0 saturated carbocycles. The highest BCUT2D eigenvalue weighted by Gasteiger charge is 2.20. The van der Waals surface area contributed by atoms with Crippen molar-refractivity contribution >= 4 is 17.0 Å². The second-order valence-electron chi connectivity index (χ2n) is 9.18. The molecular formula is C27H34N6O2. The number of unbranched alkanes of at least 4 members (excludes halogenated alkanes) is 1. The number of fused-ring (bicyclic) bond motifs is 1. The Labute approximate surface area is 206 Å². The molecular weight excluding hydrogens is 440 g/mol. The normalized spacial score (nSPS) is 14.5. The number of nitrogens with zero attached hydrogens (tertiary/aromatic N) is 5. The number of benzene rings is 1. The average Bonchev–Trinajstić information content (AvgIpc) is 3.54. The number of likely N-dealkylation sites (tertiary alicyclic amines) is 1. The number of hydrogen-bond donors (Lipinski definition) is 1. The van der Waals surface area contributed by atoms with E-state index >= 15 is 0 Å². The molecule has 1 aliphatic rings. The first-order valence-electron chi connectivity index (χ1n) is 12.7. The number of piperidine rings is 1. The number of hydrogen-bond acceptors (Lipinski definition) is 7. The van der Waals surface area contributed by atoms with Gasteiger partial charge in [-0.2, -0.15) is 9.97 Å². The van der Waals surface area contributed by atoms with E-state index in [9.17, 15) is 0 Å². The van der Waals surface area contributed by atoms with E-state index < -0.39 is 0 Å². The van der Waals surface area contributed by atoms with Crippen LogP contribution in [0.1, 0.15) is 44.1 Å². The molecule has 8 heteroatoms. The molecule has 0 bridgehead atoms. The van der Waals surface area contributed by atoms with E-state index in [4.69, 9.17) is 24.9 Å². The second-order valence-corrected chi connectivity index (χ2v) is 9.18. The SMILES string of the molecule is Nc1nc(OCCCc2ccccc2)nc2c1nc(-c1ccco1)n2CCCCN1CCCCC1. The molecule has 4 aromatic rings. The topological polar surface area (TPSA) is 95.2 Å². The van der Waals surface area contributed by atoms with Gasteiger partial charge < -0.3 is 24.4 Å². The third kappa shape index (κ3) is 5.82. The number of ether oxygens (including phenoxy) is 1. The van der Waals surface area contributed by atoms with Gasteiger partial charge in [-0.3, -0.25) is 0 Å². The first-order valence-corrected chi connectivity index (χ1v) is 12.7. The van der Waals surface area contributed by atoms with Gasteiger partial charge in [0.2, 0.25) is 0 Å². The van der Waals surface area contributed by atoms with Gasteiger partial charge in [-0.15, -0.1) is 0 Å². The third-order valence-electron chi connectivity index (χ3n) is 6.58. The Morgan fingerprint density at radius 1 is 0.886 bits per heavy atom. The van der Waals surface area contributed by atoms with E-state index in [1.807, 2.05) is 18.2 Å². The summed E-state index contributed by atoms with van der Waals surface area (Å²) in [5, 5.41) is 0. The standard InChI is InChI=1S/C27H34N6O2/c28-24-23-26(31-27(30-24)35-20-9-13-21-11-3-1-4-12-21)33(25(29-23)22-14-10-19-34-22)18-8-7-17-32-15-5-2-6-16-32/h1,3-4,10-12,14,19H,2,5-9,13,15-18,20H2,(H2,28,30,31). The molecule has 1 fully saturated rings. The van der Waals surface area contributed by atoms with Gasteiger partial charge in [-0.25, -0.2) is 4.98 Å². The van der Waals surface area contributed by atoms with Gasteiger partial charge in [0.1, 0.15) is 0 Å². The van der Waals surface area contributed by atoms with Gasteiger partial charge in [-0.05, 0) is 75.9 Å². The molecule has 184 valence electrons. The number of nitrogen functional groups attached to an aromatic ring is 1. The van der Waals surface area contributed by atoms with Crippen LogP contribution in [-0.4, -0.2) is 50.7 Å². The summed E-state index contributed by atoms with van der Waals surface area (Å²) in [5.41, 5.74) is 8.87. The molecule has 0 atom stereocenters. The van der Waals surface area contributed by atoms with Crippen LogP contribution in [0.15, 0.2) is 53.1 Å². The van der Waals surface area contributed by atoms with Crippen molar-refractivity contribution in [2.75, 3.05) is 32.0 Å². The number of rotatable bonds is 11. The lowest BCUT2D eigenvalue weighted by atomic mass is 10.1. The maximum absolute atomic E-state index is 6.30. The molecule has 1 aliphatic heterocycles. The molecule has 5 rings (SSSR count). The number of anilines is 1. The van der Waals surface area contributed by atoms with Gasteiger partial charge in [0.15, 0.2) is 28.6 Å². The first-order chi connectivity index (χ1) is 17.3. The van der Waals surface area contributed by atoms with Crippen molar-refractivity contribution in [1.29, 1.82) is 0 Å². The fraction of sp³-hybridized carbons (Fsp3) is 0.444. The van der Waals surface area contributed by atoms with Crippen molar-refractivity contribution in [3.63, 3.8) is 0 Å². The number of nitrogens with two attached hydrogens (primary N) is 1. The zero-order valence-corrected chi connectivity index (χ0v) is 20.2. The molecule has 35 heavy (non-hydrogen) atoms. The average molecular weight is 475 g/mol. The van der Waals surface area contributed by atoms with Crippen molar-refractivity contribution in [3.05, 3.63) is 54.3 Å². The molecule has 0 aliphatic carbocycles. The Hall–Kier alpha value is -3.39. The van der Waals surface area contributed by atoms with E-state index in [0.29, 0.717) is 35.4 Å². The summed E-state index contributed by atoms with van der Waals surface area (Å²) in [5.74, 6) is 1.75. The number of aromatic nitrogens is 4. The molecule has 1 saturated heterocycles. The summed E-state index contributed by atoms with van der Waals surface area (Å²) in [7, 11) is 0. The molecule has 4 heterocycles. The zero-order chi connectivity index (χ0) is 23.9. The van der Waals surface area contributed by atoms with Crippen molar-refractivity contribution in [2.24, 2.45) is 0 Å². The Morgan fingerprint density at radius 2 is 1.71 bits per heavy atom. The molecule has 0 spiro atoms.